The van der Waals surface area contributed by atoms with Crippen LogP contribution in [-0.2, 0) is 9.53 Å². The molecule has 11 heavy (non-hydrogen) atoms. The van der Waals surface area contributed by atoms with Gasteiger partial charge in [-0.05, 0) is 6.08 Å². The van der Waals surface area contributed by atoms with Crippen LogP contribution >= 0.6 is 0 Å². The van der Waals surface area contributed by atoms with Gasteiger partial charge in [-0.3, -0.25) is 4.79 Å². The van der Waals surface area contributed by atoms with Crippen molar-refractivity contribution in [2.75, 3.05) is 6.54 Å². The molecule has 1 atom stereocenters. The summed E-state index contributed by atoms with van der Waals surface area (Å²) in [6, 6.07) is 0. The molecule has 0 aliphatic heterocycles. The summed E-state index contributed by atoms with van der Waals surface area (Å²) in [5.41, 5.74) is 5.07. The van der Waals surface area contributed by atoms with Gasteiger partial charge in [0.1, 0.15) is 6.10 Å². The third kappa shape index (κ3) is 2.55. The standard InChI is InChI=1S/C8H11NO2/c9-6-8(10)11-7-4-2-1-3-5-7/h1-4,7H,5-6,9H2. The highest BCUT2D eigenvalue weighted by molar-refractivity contribution is 5.71. The van der Waals surface area contributed by atoms with E-state index in [1.165, 1.54) is 0 Å². The number of hydrogen-bond acceptors (Lipinski definition) is 3. The summed E-state index contributed by atoms with van der Waals surface area (Å²) in [4.78, 5) is 10.7. The predicted molar refractivity (Wildman–Crippen MR) is 41.8 cm³/mol. The van der Waals surface area contributed by atoms with E-state index in [1.807, 2.05) is 24.3 Å². The number of carbonyl (C=O) groups is 1. The van der Waals surface area contributed by atoms with E-state index >= 15 is 0 Å². The second kappa shape index (κ2) is 3.93. The summed E-state index contributed by atoms with van der Waals surface area (Å²) < 4.78 is 4.94. The highest BCUT2D eigenvalue weighted by Crippen LogP contribution is 2.06. The Morgan fingerprint density at radius 3 is 3.00 bits per heavy atom. The molecule has 0 aromatic heterocycles. The normalized spacial score (nSPS) is 21.7. The molecular weight excluding hydrogens is 142 g/mol. The minimum atomic E-state index is -0.352. The topological polar surface area (TPSA) is 52.3 Å². The number of rotatable bonds is 2. The lowest BCUT2D eigenvalue weighted by Crippen LogP contribution is -2.22. The monoisotopic (exact) mass is 153 g/mol. The Kier molecular flexibility index (Phi) is 2.86. The van der Waals surface area contributed by atoms with E-state index in [9.17, 15) is 4.79 Å². The van der Waals surface area contributed by atoms with Gasteiger partial charge in [0.05, 0.1) is 6.54 Å². The van der Waals surface area contributed by atoms with Crippen LogP contribution in [0.3, 0.4) is 0 Å². The summed E-state index contributed by atoms with van der Waals surface area (Å²) in [6.45, 7) is -0.0476. The molecular formula is C8H11NO2. The molecule has 2 N–H and O–H groups in total. The molecule has 0 amide bonds. The highest BCUT2D eigenvalue weighted by atomic mass is 16.5. The number of nitrogens with two attached hydrogens (primary N) is 1. The largest absolute Gasteiger partial charge is 0.457 e. The van der Waals surface area contributed by atoms with Crippen molar-refractivity contribution < 1.29 is 9.53 Å². The van der Waals surface area contributed by atoms with Gasteiger partial charge >= 0.3 is 5.97 Å². The summed E-state index contributed by atoms with van der Waals surface area (Å²) in [7, 11) is 0. The van der Waals surface area contributed by atoms with Gasteiger partial charge in [-0.15, -0.1) is 0 Å². The quantitative estimate of drug-likeness (QED) is 0.583. The van der Waals surface area contributed by atoms with Gasteiger partial charge in [0.25, 0.3) is 0 Å². The Labute approximate surface area is 65.5 Å². The molecule has 1 rings (SSSR count). The number of hydrogen-bond donors (Lipinski definition) is 1. The molecule has 3 heteroatoms. The summed E-state index contributed by atoms with van der Waals surface area (Å²) in [5, 5.41) is 0. The van der Waals surface area contributed by atoms with Crippen molar-refractivity contribution >= 4 is 5.97 Å². The molecule has 0 aromatic rings. The molecule has 0 bridgehead atoms. The van der Waals surface area contributed by atoms with Crippen molar-refractivity contribution in [2.45, 2.75) is 12.5 Å². The molecule has 60 valence electrons. The van der Waals surface area contributed by atoms with Crippen LogP contribution in [0, 0.1) is 0 Å². The van der Waals surface area contributed by atoms with Crippen LogP contribution in [0.15, 0.2) is 24.3 Å². The maximum atomic E-state index is 10.7. The number of esters is 1. The lowest BCUT2D eigenvalue weighted by atomic mass is 10.1. The molecule has 0 heterocycles. The maximum Gasteiger partial charge on any atom is 0.320 e. The third-order valence-electron chi connectivity index (χ3n) is 1.39. The summed E-state index contributed by atoms with van der Waals surface area (Å²) in [6.07, 6.45) is 8.21. The molecule has 3 nitrogen and oxygen atoms in total. The van der Waals surface area contributed by atoms with Gasteiger partial charge < -0.3 is 10.5 Å². The Hall–Kier alpha value is -1.09. The van der Waals surface area contributed by atoms with Crippen LogP contribution < -0.4 is 5.73 Å². The van der Waals surface area contributed by atoms with Crippen molar-refractivity contribution in [3.63, 3.8) is 0 Å². The van der Waals surface area contributed by atoms with Crippen LogP contribution in [0.4, 0.5) is 0 Å². The van der Waals surface area contributed by atoms with Gasteiger partial charge in [0, 0.05) is 6.42 Å². The molecule has 1 unspecified atom stereocenters. The van der Waals surface area contributed by atoms with Crippen LogP contribution in [-0.4, -0.2) is 18.6 Å². The molecule has 0 fully saturated rings. The van der Waals surface area contributed by atoms with Gasteiger partial charge in [0.15, 0.2) is 0 Å². The second-order valence-corrected chi connectivity index (χ2v) is 2.28. The first-order valence-corrected chi connectivity index (χ1v) is 3.56. The molecule has 1 aliphatic carbocycles. The Morgan fingerprint density at radius 2 is 2.45 bits per heavy atom. The number of carbonyl (C=O) groups excluding carboxylic acids is 1. The van der Waals surface area contributed by atoms with E-state index in [4.69, 9.17) is 10.5 Å². The minimum absolute atomic E-state index is 0.0476. The lowest BCUT2D eigenvalue weighted by Gasteiger charge is -2.12. The fraction of sp³-hybridized carbons (Fsp3) is 0.375. The van der Waals surface area contributed by atoms with Gasteiger partial charge in [-0.1, -0.05) is 18.2 Å². The number of allylic oxidation sites excluding steroid dienone is 2. The average molecular weight is 153 g/mol. The smallest absolute Gasteiger partial charge is 0.320 e. The Morgan fingerprint density at radius 1 is 1.64 bits per heavy atom. The first-order valence-electron chi connectivity index (χ1n) is 3.56. The summed E-state index contributed by atoms with van der Waals surface area (Å²) >= 11 is 0. The highest BCUT2D eigenvalue weighted by Gasteiger charge is 2.09. The zero-order chi connectivity index (χ0) is 8.10. The lowest BCUT2D eigenvalue weighted by molar-refractivity contribution is -0.144. The van der Waals surface area contributed by atoms with Crippen LogP contribution in [0.25, 0.3) is 0 Å². The first kappa shape index (κ1) is 8.01. The maximum absolute atomic E-state index is 10.7. The van der Waals surface area contributed by atoms with E-state index in [0.717, 1.165) is 6.42 Å². The average Bonchev–Trinajstić information content (AvgIpc) is 2.06. The Bertz CT molecular complexity index is 196. The molecule has 0 aromatic carbocycles. The van der Waals surface area contributed by atoms with E-state index in [2.05, 4.69) is 0 Å². The molecule has 0 saturated carbocycles. The van der Waals surface area contributed by atoms with Crippen molar-refractivity contribution in [1.82, 2.24) is 0 Å². The van der Waals surface area contributed by atoms with E-state index in [-0.39, 0.29) is 18.6 Å². The molecule has 0 radical (unpaired) electrons. The fourth-order valence-corrected chi connectivity index (χ4v) is 0.862. The minimum Gasteiger partial charge on any atom is -0.457 e. The molecule has 0 saturated heterocycles. The van der Waals surface area contributed by atoms with E-state index < -0.39 is 0 Å². The first-order chi connectivity index (χ1) is 5.33. The van der Waals surface area contributed by atoms with Crippen molar-refractivity contribution in [2.24, 2.45) is 5.73 Å². The molecule has 0 spiro atoms. The third-order valence-corrected chi connectivity index (χ3v) is 1.39. The van der Waals surface area contributed by atoms with Crippen LogP contribution in [0.2, 0.25) is 0 Å². The summed E-state index contributed by atoms with van der Waals surface area (Å²) in [5.74, 6) is -0.352. The SMILES string of the molecule is NCC(=O)OC1C=CC=CC1. The Balaban J connectivity index is 2.33. The van der Waals surface area contributed by atoms with Crippen molar-refractivity contribution in [3.8, 4) is 0 Å². The van der Waals surface area contributed by atoms with Crippen LogP contribution in [0.1, 0.15) is 6.42 Å². The molecule has 1 aliphatic rings. The number of ether oxygens (including phenoxy) is 1. The zero-order valence-electron chi connectivity index (χ0n) is 6.19. The van der Waals surface area contributed by atoms with Crippen LogP contribution in [0.5, 0.6) is 0 Å². The van der Waals surface area contributed by atoms with Gasteiger partial charge in [-0.2, -0.15) is 0 Å². The van der Waals surface area contributed by atoms with Crippen molar-refractivity contribution in [3.05, 3.63) is 24.3 Å². The van der Waals surface area contributed by atoms with Gasteiger partial charge in [0.2, 0.25) is 0 Å². The van der Waals surface area contributed by atoms with E-state index in [1.54, 1.807) is 0 Å². The zero-order valence-corrected chi connectivity index (χ0v) is 6.19. The second-order valence-electron chi connectivity index (χ2n) is 2.28. The van der Waals surface area contributed by atoms with Crippen molar-refractivity contribution in [1.29, 1.82) is 0 Å². The van der Waals surface area contributed by atoms with E-state index in [0.29, 0.717) is 0 Å². The predicted octanol–water partition coefficient (Wildman–Crippen LogP) is 0.373. The fourth-order valence-electron chi connectivity index (χ4n) is 0.862. The van der Waals surface area contributed by atoms with Gasteiger partial charge in [-0.25, -0.2) is 0 Å².